The Morgan fingerprint density at radius 3 is 2.31 bits per heavy atom. The number of fused-ring (bicyclic) bond motifs is 1. The zero-order valence-electron chi connectivity index (χ0n) is 17.0. The van der Waals surface area contributed by atoms with Gasteiger partial charge in [0.1, 0.15) is 5.82 Å². The third kappa shape index (κ3) is 4.21. The molecule has 32 heavy (non-hydrogen) atoms. The zero-order chi connectivity index (χ0) is 22.7. The maximum absolute atomic E-state index is 13.9. The number of hydrogen-bond acceptors (Lipinski definition) is 4. The van der Waals surface area contributed by atoms with Crippen molar-refractivity contribution in [3.8, 4) is 0 Å². The number of nitrogens with one attached hydrogen (secondary N) is 1. The van der Waals surface area contributed by atoms with Crippen molar-refractivity contribution in [1.29, 1.82) is 0 Å². The highest BCUT2D eigenvalue weighted by atomic mass is 19.1. The van der Waals surface area contributed by atoms with Gasteiger partial charge in [0.25, 0.3) is 11.5 Å². The molecule has 4 aromatic rings. The molecule has 1 heterocycles. The van der Waals surface area contributed by atoms with E-state index in [1.54, 1.807) is 17.6 Å². The molecule has 0 unspecified atom stereocenters. The maximum Gasteiger partial charge on any atom is 0.331 e. The summed E-state index contributed by atoms with van der Waals surface area (Å²) >= 11 is 0. The number of carbonyl (C=O) groups is 1. The van der Waals surface area contributed by atoms with E-state index >= 15 is 0 Å². The maximum atomic E-state index is 13.9. The van der Waals surface area contributed by atoms with Crippen LogP contribution < -0.4 is 16.7 Å². The normalized spacial score (nSPS) is 10.9. The number of carbonyl (C=O) groups excluding carboxylic acids is 1. The molecule has 0 aliphatic rings. The molecule has 162 valence electrons. The topological polar surface area (TPSA) is 93.3 Å². The molecule has 1 amide bonds. The number of aromatic nitrogens is 2. The molecular weight excluding hydrogens is 413 g/mol. The number of aryl methyl sites for hydroxylation is 1. The Kier molecular flexibility index (Phi) is 5.96. The molecule has 0 saturated heterocycles. The highest BCUT2D eigenvalue weighted by Gasteiger charge is 2.15. The predicted molar refractivity (Wildman–Crippen MR) is 117 cm³/mol. The summed E-state index contributed by atoms with van der Waals surface area (Å²) < 4.78 is 16.5. The van der Waals surface area contributed by atoms with Crippen molar-refractivity contribution in [2.24, 2.45) is 0 Å². The first kappa shape index (κ1) is 21.2. The molecule has 4 rings (SSSR count). The molecule has 0 bridgehead atoms. The second-order valence-corrected chi connectivity index (χ2v) is 7.36. The lowest BCUT2D eigenvalue weighted by Gasteiger charge is -2.15. The minimum Gasteiger partial charge on any atom is -0.289 e. The summed E-state index contributed by atoms with van der Waals surface area (Å²) in [6.07, 6.45) is 0.474. The van der Waals surface area contributed by atoms with Crippen LogP contribution in [0.15, 0.2) is 82.4 Å². The first-order chi connectivity index (χ1) is 15.5. The average molecular weight is 433 g/mol. The van der Waals surface area contributed by atoms with Gasteiger partial charge in [0, 0.05) is 12.1 Å². The van der Waals surface area contributed by atoms with Crippen LogP contribution >= 0.6 is 0 Å². The van der Waals surface area contributed by atoms with Gasteiger partial charge in [-0.15, -0.1) is 0 Å². The molecule has 8 heteroatoms. The van der Waals surface area contributed by atoms with Crippen molar-refractivity contribution in [3.05, 3.63) is 116 Å². The number of hydroxylamine groups is 1. The van der Waals surface area contributed by atoms with E-state index in [-0.39, 0.29) is 24.0 Å². The van der Waals surface area contributed by atoms with Crippen LogP contribution in [-0.4, -0.2) is 20.2 Å². The van der Waals surface area contributed by atoms with Gasteiger partial charge in [-0.3, -0.25) is 23.9 Å². The summed E-state index contributed by atoms with van der Waals surface area (Å²) in [5.41, 5.74) is 2.78. The van der Waals surface area contributed by atoms with E-state index in [0.717, 1.165) is 16.2 Å². The summed E-state index contributed by atoms with van der Waals surface area (Å²) in [6, 6.07) is 19.6. The zero-order valence-corrected chi connectivity index (χ0v) is 17.0. The summed E-state index contributed by atoms with van der Waals surface area (Å²) in [4.78, 5) is 37.8. The van der Waals surface area contributed by atoms with Gasteiger partial charge < -0.3 is 0 Å². The Labute approximate surface area is 181 Å². The van der Waals surface area contributed by atoms with Crippen LogP contribution in [0.25, 0.3) is 10.9 Å². The lowest BCUT2D eigenvalue weighted by Crippen LogP contribution is -2.40. The van der Waals surface area contributed by atoms with Crippen molar-refractivity contribution in [2.75, 3.05) is 0 Å². The Balaban J connectivity index is 1.77. The summed E-state index contributed by atoms with van der Waals surface area (Å²) in [6.45, 7) is 0.275. The lowest BCUT2D eigenvalue weighted by molar-refractivity contribution is 0.0706. The smallest absolute Gasteiger partial charge is 0.289 e. The number of amides is 1. The number of nitrogens with zero attached hydrogens (tertiary/aromatic N) is 2. The Morgan fingerprint density at radius 2 is 1.62 bits per heavy atom. The van der Waals surface area contributed by atoms with Crippen molar-refractivity contribution in [3.63, 3.8) is 0 Å². The first-order valence-electron chi connectivity index (χ1n) is 9.98. The van der Waals surface area contributed by atoms with Crippen LogP contribution in [0.1, 0.15) is 21.5 Å². The highest BCUT2D eigenvalue weighted by Crippen LogP contribution is 2.13. The predicted octanol–water partition coefficient (Wildman–Crippen LogP) is 2.71. The SMILES string of the molecule is O=C(NO)c1ccc(Cn2c(=O)n(CCc3ccccc3)c(=O)c3cc(F)ccc32)cc1. The monoisotopic (exact) mass is 433 g/mol. The van der Waals surface area contributed by atoms with E-state index in [0.29, 0.717) is 17.5 Å². The first-order valence-corrected chi connectivity index (χ1v) is 9.98. The highest BCUT2D eigenvalue weighted by molar-refractivity contribution is 5.93. The fourth-order valence-corrected chi connectivity index (χ4v) is 3.64. The molecule has 0 spiro atoms. The Morgan fingerprint density at radius 1 is 0.906 bits per heavy atom. The van der Waals surface area contributed by atoms with Crippen LogP contribution in [0, 0.1) is 5.82 Å². The van der Waals surface area contributed by atoms with Gasteiger partial charge in [-0.25, -0.2) is 14.7 Å². The van der Waals surface area contributed by atoms with Gasteiger partial charge in [-0.05, 0) is 47.9 Å². The van der Waals surface area contributed by atoms with Crippen LogP contribution in [-0.2, 0) is 19.5 Å². The molecule has 0 aliphatic heterocycles. The number of benzene rings is 3. The number of halogens is 1. The van der Waals surface area contributed by atoms with Crippen molar-refractivity contribution in [2.45, 2.75) is 19.5 Å². The van der Waals surface area contributed by atoms with Gasteiger partial charge in [-0.1, -0.05) is 42.5 Å². The van der Waals surface area contributed by atoms with Crippen LogP contribution in [0.5, 0.6) is 0 Å². The van der Waals surface area contributed by atoms with E-state index in [1.807, 2.05) is 30.3 Å². The van der Waals surface area contributed by atoms with E-state index in [9.17, 15) is 18.8 Å². The molecule has 0 fully saturated rings. The van der Waals surface area contributed by atoms with Gasteiger partial charge in [-0.2, -0.15) is 0 Å². The van der Waals surface area contributed by atoms with E-state index in [2.05, 4.69) is 0 Å². The standard InChI is InChI=1S/C24H20FN3O4/c25-19-10-11-21-20(14-19)23(30)27(13-12-16-4-2-1-3-5-16)24(31)28(21)15-17-6-8-18(9-7-17)22(29)26-32/h1-11,14,32H,12-13,15H2,(H,26,29). The fraction of sp³-hybridized carbons (Fsp3) is 0.125. The molecule has 0 aliphatic carbocycles. The second-order valence-electron chi connectivity index (χ2n) is 7.36. The summed E-state index contributed by atoms with van der Waals surface area (Å²) in [5, 5.41) is 8.87. The van der Waals surface area contributed by atoms with Crippen LogP contribution in [0.3, 0.4) is 0 Å². The lowest BCUT2D eigenvalue weighted by atomic mass is 10.1. The van der Waals surface area contributed by atoms with Gasteiger partial charge in [0.2, 0.25) is 0 Å². The average Bonchev–Trinajstić information content (AvgIpc) is 2.82. The fourth-order valence-electron chi connectivity index (χ4n) is 3.64. The van der Waals surface area contributed by atoms with Crippen LogP contribution in [0.4, 0.5) is 4.39 Å². The number of hydrogen-bond donors (Lipinski definition) is 2. The van der Waals surface area contributed by atoms with Gasteiger partial charge in [0.05, 0.1) is 17.4 Å². The van der Waals surface area contributed by atoms with Gasteiger partial charge in [0.15, 0.2) is 0 Å². The molecule has 3 aromatic carbocycles. The summed E-state index contributed by atoms with van der Waals surface area (Å²) in [5.74, 6) is -1.21. The Bertz CT molecular complexity index is 1390. The molecule has 0 atom stereocenters. The quantitative estimate of drug-likeness (QED) is 0.361. The molecule has 0 radical (unpaired) electrons. The second kappa shape index (κ2) is 8.99. The minimum atomic E-state index is -0.649. The minimum absolute atomic E-state index is 0.119. The van der Waals surface area contributed by atoms with Crippen molar-refractivity contribution < 1.29 is 14.4 Å². The summed E-state index contributed by atoms with van der Waals surface area (Å²) in [7, 11) is 0. The van der Waals surface area contributed by atoms with E-state index < -0.39 is 23.0 Å². The molecule has 2 N–H and O–H groups in total. The van der Waals surface area contributed by atoms with E-state index in [1.165, 1.54) is 28.8 Å². The van der Waals surface area contributed by atoms with Crippen molar-refractivity contribution >= 4 is 16.8 Å². The van der Waals surface area contributed by atoms with Gasteiger partial charge >= 0.3 is 5.69 Å². The third-order valence-corrected chi connectivity index (χ3v) is 5.31. The van der Waals surface area contributed by atoms with Crippen molar-refractivity contribution in [1.82, 2.24) is 14.6 Å². The molecule has 7 nitrogen and oxygen atoms in total. The van der Waals surface area contributed by atoms with Crippen LogP contribution in [0.2, 0.25) is 0 Å². The molecular formula is C24H20FN3O4. The van der Waals surface area contributed by atoms with E-state index in [4.69, 9.17) is 5.21 Å². The molecule has 0 saturated carbocycles. The largest absolute Gasteiger partial charge is 0.331 e. The molecule has 1 aromatic heterocycles. The Hall–Kier alpha value is -4.04. The number of rotatable bonds is 6. The third-order valence-electron chi connectivity index (χ3n) is 5.31.